The number of ether oxygens (including phenoxy) is 1. The van der Waals surface area contributed by atoms with E-state index in [-0.39, 0.29) is 29.8 Å². The Hall–Kier alpha value is -1.91. The SMILES string of the molecule is CC1OC(=O)C2CC3CCCCC3[C@@H](CNC(=O)c3ccccn3)C12. The highest BCUT2D eigenvalue weighted by Crippen LogP contribution is 2.52. The molecule has 5 unspecified atom stereocenters. The summed E-state index contributed by atoms with van der Waals surface area (Å²) < 4.78 is 5.57. The Kier molecular flexibility index (Phi) is 4.48. The molecule has 1 amide bonds. The quantitative estimate of drug-likeness (QED) is 0.858. The molecule has 0 spiro atoms. The van der Waals surface area contributed by atoms with E-state index in [1.807, 2.05) is 13.0 Å². The molecule has 3 aliphatic rings. The van der Waals surface area contributed by atoms with Crippen molar-refractivity contribution in [1.82, 2.24) is 10.3 Å². The van der Waals surface area contributed by atoms with E-state index in [2.05, 4.69) is 10.3 Å². The van der Waals surface area contributed by atoms with Crippen molar-refractivity contribution >= 4 is 11.9 Å². The van der Waals surface area contributed by atoms with Gasteiger partial charge in [0.25, 0.3) is 5.91 Å². The van der Waals surface area contributed by atoms with Crippen molar-refractivity contribution in [2.75, 3.05) is 6.54 Å². The van der Waals surface area contributed by atoms with Gasteiger partial charge in [0.1, 0.15) is 11.8 Å². The van der Waals surface area contributed by atoms with Crippen LogP contribution in [0.3, 0.4) is 0 Å². The lowest BCUT2D eigenvalue weighted by Gasteiger charge is -2.46. The molecule has 134 valence electrons. The lowest BCUT2D eigenvalue weighted by atomic mass is 9.57. The van der Waals surface area contributed by atoms with Crippen LogP contribution in [0.5, 0.6) is 0 Å². The summed E-state index contributed by atoms with van der Waals surface area (Å²) in [6.07, 6.45) is 7.50. The number of nitrogens with zero attached hydrogens (tertiary/aromatic N) is 1. The summed E-state index contributed by atoms with van der Waals surface area (Å²) in [6.45, 7) is 2.62. The molecule has 5 heteroatoms. The number of cyclic esters (lactones) is 1. The maximum absolute atomic E-state index is 12.4. The van der Waals surface area contributed by atoms with Crippen LogP contribution in [-0.4, -0.2) is 29.5 Å². The molecule has 25 heavy (non-hydrogen) atoms. The smallest absolute Gasteiger partial charge is 0.309 e. The molecule has 1 saturated heterocycles. The van der Waals surface area contributed by atoms with Crippen LogP contribution in [0.2, 0.25) is 0 Å². The molecule has 2 saturated carbocycles. The molecular formula is C20H26N2O3. The molecular weight excluding hydrogens is 316 g/mol. The van der Waals surface area contributed by atoms with E-state index in [9.17, 15) is 9.59 Å². The summed E-state index contributed by atoms with van der Waals surface area (Å²) in [7, 11) is 0. The average molecular weight is 342 g/mol. The van der Waals surface area contributed by atoms with E-state index < -0.39 is 0 Å². The minimum Gasteiger partial charge on any atom is -0.462 e. The van der Waals surface area contributed by atoms with Crippen LogP contribution in [0.1, 0.15) is 49.5 Å². The molecule has 1 aromatic rings. The van der Waals surface area contributed by atoms with Gasteiger partial charge in [0, 0.05) is 18.7 Å². The van der Waals surface area contributed by atoms with Gasteiger partial charge in [0.05, 0.1) is 5.92 Å². The molecule has 5 nitrogen and oxygen atoms in total. The normalized spacial score (nSPS) is 36.9. The predicted molar refractivity (Wildman–Crippen MR) is 92.7 cm³/mol. The number of aromatic nitrogens is 1. The standard InChI is InChI=1S/C20H26N2O3/c1-12-18-15(20(24)25-12)10-13-6-2-3-7-14(13)16(18)11-22-19(23)17-8-4-5-9-21-17/h4-5,8-9,12-16,18H,2-3,6-7,10-11H2,1H3,(H,22,23)/t12?,13?,14?,15?,16-,18?/m1/s1. The topological polar surface area (TPSA) is 68.3 Å². The van der Waals surface area contributed by atoms with Crippen molar-refractivity contribution in [3.63, 3.8) is 0 Å². The van der Waals surface area contributed by atoms with Gasteiger partial charge < -0.3 is 10.1 Å². The molecule has 6 atom stereocenters. The van der Waals surface area contributed by atoms with Gasteiger partial charge in [-0.25, -0.2) is 0 Å². The van der Waals surface area contributed by atoms with Crippen molar-refractivity contribution in [2.24, 2.45) is 29.6 Å². The van der Waals surface area contributed by atoms with Crippen LogP contribution in [0.25, 0.3) is 0 Å². The highest BCUT2D eigenvalue weighted by molar-refractivity contribution is 5.92. The fourth-order valence-corrected chi connectivity index (χ4v) is 5.52. The third-order valence-electron chi connectivity index (χ3n) is 6.58. The van der Waals surface area contributed by atoms with Crippen LogP contribution in [-0.2, 0) is 9.53 Å². The largest absolute Gasteiger partial charge is 0.462 e. The second-order valence-corrected chi connectivity index (χ2v) is 7.86. The zero-order chi connectivity index (χ0) is 17.4. The van der Waals surface area contributed by atoms with Crippen molar-refractivity contribution < 1.29 is 14.3 Å². The molecule has 1 N–H and O–H groups in total. The summed E-state index contributed by atoms with van der Waals surface area (Å²) in [4.78, 5) is 28.8. The Morgan fingerprint density at radius 3 is 2.96 bits per heavy atom. The number of amides is 1. The summed E-state index contributed by atoms with van der Waals surface area (Å²) in [5, 5.41) is 3.08. The van der Waals surface area contributed by atoms with Crippen LogP contribution < -0.4 is 5.32 Å². The number of rotatable bonds is 3. The molecule has 0 bridgehead atoms. The molecule has 3 fully saturated rings. The monoisotopic (exact) mass is 342 g/mol. The summed E-state index contributed by atoms with van der Waals surface area (Å²) in [5.41, 5.74) is 0.446. The fourth-order valence-electron chi connectivity index (χ4n) is 5.52. The van der Waals surface area contributed by atoms with Crippen LogP contribution in [0.15, 0.2) is 24.4 Å². The van der Waals surface area contributed by atoms with Gasteiger partial charge in [0.15, 0.2) is 0 Å². The van der Waals surface area contributed by atoms with E-state index in [1.165, 1.54) is 25.7 Å². The summed E-state index contributed by atoms with van der Waals surface area (Å²) in [6, 6.07) is 5.35. The second kappa shape index (κ2) is 6.77. The second-order valence-electron chi connectivity index (χ2n) is 7.86. The Morgan fingerprint density at radius 2 is 2.16 bits per heavy atom. The van der Waals surface area contributed by atoms with Crippen molar-refractivity contribution in [3.8, 4) is 0 Å². The zero-order valence-electron chi connectivity index (χ0n) is 14.7. The number of nitrogens with one attached hydrogen (secondary N) is 1. The molecule has 0 radical (unpaired) electrons. The number of fused-ring (bicyclic) bond motifs is 2. The maximum Gasteiger partial charge on any atom is 0.309 e. The van der Waals surface area contributed by atoms with E-state index in [4.69, 9.17) is 4.74 Å². The molecule has 2 aliphatic carbocycles. The lowest BCUT2D eigenvalue weighted by Crippen LogP contribution is -2.48. The lowest BCUT2D eigenvalue weighted by molar-refractivity contribution is -0.144. The number of pyridine rings is 1. The maximum atomic E-state index is 12.4. The van der Waals surface area contributed by atoms with Crippen molar-refractivity contribution in [3.05, 3.63) is 30.1 Å². The van der Waals surface area contributed by atoms with Crippen LogP contribution >= 0.6 is 0 Å². The highest BCUT2D eigenvalue weighted by atomic mass is 16.6. The third kappa shape index (κ3) is 3.05. The first-order valence-corrected chi connectivity index (χ1v) is 9.55. The van der Waals surface area contributed by atoms with Crippen molar-refractivity contribution in [2.45, 2.75) is 45.1 Å². The van der Waals surface area contributed by atoms with Gasteiger partial charge in [-0.05, 0) is 49.7 Å². The number of carbonyl (C=O) groups excluding carboxylic acids is 2. The fraction of sp³-hybridized carbons (Fsp3) is 0.650. The summed E-state index contributed by atoms with van der Waals surface area (Å²) >= 11 is 0. The predicted octanol–water partition coefficient (Wildman–Crippen LogP) is 2.82. The first kappa shape index (κ1) is 16.6. The molecule has 2 heterocycles. The third-order valence-corrected chi connectivity index (χ3v) is 6.58. The number of carbonyl (C=O) groups is 2. The Morgan fingerprint density at radius 1 is 1.32 bits per heavy atom. The average Bonchev–Trinajstić information content (AvgIpc) is 2.93. The van der Waals surface area contributed by atoms with Gasteiger partial charge in [-0.1, -0.05) is 25.3 Å². The van der Waals surface area contributed by atoms with E-state index in [1.54, 1.807) is 18.3 Å². The Balaban J connectivity index is 1.52. The van der Waals surface area contributed by atoms with Gasteiger partial charge in [-0.3, -0.25) is 14.6 Å². The Bertz CT molecular complexity index is 648. The molecule has 0 aromatic carbocycles. The number of esters is 1. The summed E-state index contributed by atoms with van der Waals surface area (Å²) in [5.74, 6) is 1.61. The van der Waals surface area contributed by atoms with Crippen LogP contribution in [0.4, 0.5) is 0 Å². The number of hydrogen-bond acceptors (Lipinski definition) is 4. The minimum absolute atomic E-state index is 0.0195. The van der Waals surface area contributed by atoms with Gasteiger partial charge in [0.2, 0.25) is 0 Å². The van der Waals surface area contributed by atoms with Gasteiger partial charge in [-0.2, -0.15) is 0 Å². The first-order valence-electron chi connectivity index (χ1n) is 9.55. The van der Waals surface area contributed by atoms with E-state index in [0.29, 0.717) is 30.0 Å². The van der Waals surface area contributed by atoms with Crippen molar-refractivity contribution in [1.29, 1.82) is 0 Å². The molecule has 1 aromatic heterocycles. The zero-order valence-corrected chi connectivity index (χ0v) is 14.7. The van der Waals surface area contributed by atoms with E-state index >= 15 is 0 Å². The Labute approximate surface area is 148 Å². The minimum atomic E-state index is -0.132. The van der Waals surface area contributed by atoms with E-state index in [0.717, 1.165) is 6.42 Å². The van der Waals surface area contributed by atoms with Crippen LogP contribution in [0, 0.1) is 29.6 Å². The number of hydrogen-bond donors (Lipinski definition) is 1. The first-order chi connectivity index (χ1) is 12.1. The van der Waals surface area contributed by atoms with Gasteiger partial charge >= 0.3 is 5.97 Å². The highest BCUT2D eigenvalue weighted by Gasteiger charge is 2.54. The van der Waals surface area contributed by atoms with Gasteiger partial charge in [-0.15, -0.1) is 0 Å². The molecule has 4 rings (SSSR count). The molecule has 1 aliphatic heterocycles.